The maximum atomic E-state index is 13.2. The monoisotopic (exact) mass is 491 g/mol. The molecule has 3 fully saturated rings. The van der Waals surface area contributed by atoms with Crippen molar-refractivity contribution in [2.24, 2.45) is 11.3 Å². The molecule has 2 saturated heterocycles. The first-order valence-electron chi connectivity index (χ1n) is 11.5. The molecule has 182 valence electrons. The Kier molecular flexibility index (Phi) is 6.11. The zero-order valence-electron chi connectivity index (χ0n) is 18.6. The van der Waals surface area contributed by atoms with Gasteiger partial charge in [-0.1, -0.05) is 11.6 Å². The summed E-state index contributed by atoms with van der Waals surface area (Å²) in [5.74, 6) is -1.34. The van der Waals surface area contributed by atoms with Crippen LogP contribution in [0.1, 0.15) is 25.7 Å². The number of benzene rings is 1. The molecule has 1 aliphatic carbocycles. The van der Waals surface area contributed by atoms with Crippen LogP contribution < -0.4 is 21.3 Å². The maximum Gasteiger partial charge on any atom is 0.272 e. The number of nitrogens with zero attached hydrogens (tertiary/aromatic N) is 1. The first kappa shape index (κ1) is 22.9. The van der Waals surface area contributed by atoms with Crippen LogP contribution in [-0.2, 0) is 19.1 Å². The molecule has 1 spiro atoms. The number of nitrogens with one attached hydrogen (secondary N) is 4. The Morgan fingerprint density at radius 3 is 2.44 bits per heavy atom. The Bertz CT molecular complexity index is 1040. The van der Waals surface area contributed by atoms with E-state index in [9.17, 15) is 18.8 Å². The lowest BCUT2D eigenvalue weighted by Crippen LogP contribution is -2.67. The van der Waals surface area contributed by atoms with Gasteiger partial charge in [0.15, 0.2) is 0 Å². The van der Waals surface area contributed by atoms with Crippen molar-refractivity contribution in [2.45, 2.75) is 31.7 Å². The molecule has 3 amide bonds. The van der Waals surface area contributed by atoms with Gasteiger partial charge in [-0.3, -0.25) is 14.4 Å². The predicted molar refractivity (Wildman–Crippen MR) is 122 cm³/mol. The van der Waals surface area contributed by atoms with E-state index in [1.165, 1.54) is 12.1 Å². The molecule has 34 heavy (non-hydrogen) atoms. The molecule has 0 bridgehead atoms. The Balaban J connectivity index is 1.12. The molecule has 1 aromatic carbocycles. The standard InChI is InChI=1S/C23H27ClFN5O4/c24-16-7-14(25)3-6-17(16)29-20(31)13-1-4-15(5-2-13)28-21(32)18-19(27-12-26-18)22(33)30-8-23(9-30)10-34-11-23/h3,6-7,13,15,26-27H,1-2,4-5,8-12H2,(H,28,32)(H,29,31)/t13-,15-. The van der Waals surface area contributed by atoms with Gasteiger partial charge in [-0.2, -0.15) is 0 Å². The number of hydrogen-bond acceptors (Lipinski definition) is 6. The van der Waals surface area contributed by atoms with Crippen LogP contribution >= 0.6 is 11.6 Å². The molecule has 4 N–H and O–H groups in total. The third kappa shape index (κ3) is 4.44. The second-order valence-corrected chi connectivity index (χ2v) is 9.98. The molecule has 1 aromatic rings. The summed E-state index contributed by atoms with van der Waals surface area (Å²) in [4.78, 5) is 40.1. The van der Waals surface area contributed by atoms with E-state index in [0.717, 1.165) is 6.07 Å². The van der Waals surface area contributed by atoms with Crippen molar-refractivity contribution in [1.29, 1.82) is 0 Å². The van der Waals surface area contributed by atoms with E-state index < -0.39 is 5.82 Å². The van der Waals surface area contributed by atoms with Crippen molar-refractivity contribution in [3.63, 3.8) is 0 Å². The van der Waals surface area contributed by atoms with E-state index >= 15 is 0 Å². The van der Waals surface area contributed by atoms with Crippen LogP contribution in [0.2, 0.25) is 5.02 Å². The first-order valence-corrected chi connectivity index (χ1v) is 11.9. The van der Waals surface area contributed by atoms with Gasteiger partial charge >= 0.3 is 0 Å². The smallest absolute Gasteiger partial charge is 0.272 e. The molecular formula is C23H27ClFN5O4. The summed E-state index contributed by atoms with van der Waals surface area (Å²) in [5, 5.41) is 11.9. The minimum absolute atomic E-state index is 0.0865. The van der Waals surface area contributed by atoms with Crippen LogP contribution in [0.15, 0.2) is 29.6 Å². The van der Waals surface area contributed by atoms with Crippen molar-refractivity contribution < 1.29 is 23.5 Å². The van der Waals surface area contributed by atoms with E-state index in [1.54, 1.807) is 4.90 Å². The molecule has 11 heteroatoms. The predicted octanol–water partition coefficient (Wildman–Crippen LogP) is 1.31. The van der Waals surface area contributed by atoms with Gasteiger partial charge in [0.1, 0.15) is 17.2 Å². The number of hydrogen-bond donors (Lipinski definition) is 4. The average Bonchev–Trinajstić information content (AvgIpc) is 3.24. The number of amides is 3. The van der Waals surface area contributed by atoms with Crippen LogP contribution in [0.4, 0.5) is 10.1 Å². The molecule has 1 saturated carbocycles. The van der Waals surface area contributed by atoms with E-state index in [1.807, 2.05) is 0 Å². The van der Waals surface area contributed by atoms with Crippen molar-refractivity contribution in [2.75, 3.05) is 38.3 Å². The molecule has 0 unspecified atom stereocenters. The highest BCUT2D eigenvalue weighted by Crippen LogP contribution is 2.38. The average molecular weight is 492 g/mol. The van der Waals surface area contributed by atoms with Gasteiger partial charge in [0.2, 0.25) is 5.91 Å². The number of carbonyl (C=O) groups excluding carboxylic acids is 3. The second kappa shape index (κ2) is 9.07. The molecule has 3 aliphatic heterocycles. The van der Waals surface area contributed by atoms with Crippen LogP contribution in [-0.4, -0.2) is 61.6 Å². The van der Waals surface area contributed by atoms with E-state index in [2.05, 4.69) is 21.3 Å². The highest BCUT2D eigenvalue weighted by molar-refractivity contribution is 6.33. The quantitative estimate of drug-likeness (QED) is 0.494. The highest BCUT2D eigenvalue weighted by atomic mass is 35.5. The second-order valence-electron chi connectivity index (χ2n) is 9.57. The maximum absolute atomic E-state index is 13.2. The van der Waals surface area contributed by atoms with Crippen LogP contribution in [0.25, 0.3) is 0 Å². The SMILES string of the molecule is O=C(N[C@H]1CC[C@H](C(=O)Nc2ccc(F)cc2Cl)CC1)C1=C(C(=O)N2CC3(COC3)C2)NCN1. The molecular weight excluding hydrogens is 465 g/mol. The molecule has 4 aliphatic rings. The van der Waals surface area contributed by atoms with E-state index in [0.29, 0.717) is 70.0 Å². The fraction of sp³-hybridized carbons (Fsp3) is 0.522. The largest absolute Gasteiger partial charge is 0.380 e. The third-order valence-electron chi connectivity index (χ3n) is 7.00. The lowest BCUT2D eigenvalue weighted by molar-refractivity contribution is -0.193. The molecule has 0 radical (unpaired) electrons. The van der Waals surface area contributed by atoms with E-state index in [4.69, 9.17) is 16.3 Å². The molecule has 0 aromatic heterocycles. The molecule has 0 atom stereocenters. The van der Waals surface area contributed by atoms with Crippen molar-refractivity contribution in [3.05, 3.63) is 40.4 Å². The van der Waals surface area contributed by atoms with Gasteiger partial charge in [0.05, 0.1) is 36.0 Å². The fourth-order valence-electron chi connectivity index (χ4n) is 5.00. The zero-order valence-corrected chi connectivity index (χ0v) is 19.3. The summed E-state index contributed by atoms with van der Waals surface area (Å²) in [5.41, 5.74) is 1.06. The Morgan fingerprint density at radius 1 is 1.09 bits per heavy atom. The van der Waals surface area contributed by atoms with Crippen molar-refractivity contribution in [1.82, 2.24) is 20.9 Å². The van der Waals surface area contributed by atoms with Crippen molar-refractivity contribution >= 4 is 35.0 Å². The van der Waals surface area contributed by atoms with Gasteiger partial charge in [-0.15, -0.1) is 0 Å². The number of anilines is 1. The number of likely N-dealkylation sites (tertiary alicyclic amines) is 1. The summed E-state index contributed by atoms with van der Waals surface area (Å²) in [6, 6.07) is 3.76. The first-order chi connectivity index (χ1) is 16.3. The fourth-order valence-corrected chi connectivity index (χ4v) is 5.21. The number of rotatable bonds is 5. The summed E-state index contributed by atoms with van der Waals surface area (Å²) >= 11 is 6.00. The summed E-state index contributed by atoms with van der Waals surface area (Å²) in [6.45, 7) is 3.01. The van der Waals surface area contributed by atoms with Gasteiger partial charge in [0, 0.05) is 25.0 Å². The van der Waals surface area contributed by atoms with Crippen LogP contribution in [0.5, 0.6) is 0 Å². The van der Waals surface area contributed by atoms with Gasteiger partial charge in [-0.25, -0.2) is 4.39 Å². The lowest BCUT2D eigenvalue weighted by atomic mass is 9.78. The minimum atomic E-state index is -0.465. The normalized spacial score (nSPS) is 25.1. The summed E-state index contributed by atoms with van der Waals surface area (Å²) < 4.78 is 18.5. The van der Waals surface area contributed by atoms with E-state index in [-0.39, 0.29) is 45.8 Å². The van der Waals surface area contributed by atoms with Crippen molar-refractivity contribution in [3.8, 4) is 0 Å². The van der Waals surface area contributed by atoms with Crippen LogP contribution in [0, 0.1) is 17.2 Å². The number of halogens is 2. The molecule has 3 heterocycles. The molecule has 5 rings (SSSR count). The zero-order chi connectivity index (χ0) is 23.9. The Hall–Kier alpha value is -2.85. The number of ether oxygens (including phenoxy) is 1. The van der Waals surface area contributed by atoms with Gasteiger partial charge in [-0.05, 0) is 43.9 Å². The lowest BCUT2D eigenvalue weighted by Gasteiger charge is -2.54. The number of carbonyl (C=O) groups is 3. The molecule has 9 nitrogen and oxygen atoms in total. The highest BCUT2D eigenvalue weighted by Gasteiger charge is 2.51. The Morgan fingerprint density at radius 2 is 1.79 bits per heavy atom. The van der Waals surface area contributed by atoms with Gasteiger partial charge in [0.25, 0.3) is 11.8 Å². The van der Waals surface area contributed by atoms with Gasteiger partial charge < -0.3 is 30.9 Å². The topological polar surface area (TPSA) is 112 Å². The summed E-state index contributed by atoms with van der Waals surface area (Å²) in [6.07, 6.45) is 2.48. The summed E-state index contributed by atoms with van der Waals surface area (Å²) in [7, 11) is 0. The third-order valence-corrected chi connectivity index (χ3v) is 7.31. The Labute approximate surface area is 201 Å². The minimum Gasteiger partial charge on any atom is -0.380 e. The van der Waals surface area contributed by atoms with Crippen LogP contribution in [0.3, 0.4) is 0 Å².